The Hall–Kier alpha value is -3.56. The second-order valence-electron chi connectivity index (χ2n) is 6.76. The number of anilines is 1. The Morgan fingerprint density at radius 2 is 2.03 bits per heavy atom. The van der Waals surface area contributed by atoms with E-state index in [1.807, 2.05) is 29.1 Å². The minimum atomic E-state index is -0.394. The molecule has 0 saturated heterocycles. The van der Waals surface area contributed by atoms with Crippen molar-refractivity contribution >= 4 is 39.9 Å². The number of hydrogen-bond donors (Lipinski definition) is 2. The van der Waals surface area contributed by atoms with Gasteiger partial charge in [0.05, 0.1) is 29.9 Å². The highest BCUT2D eigenvalue weighted by Gasteiger charge is 2.18. The Morgan fingerprint density at radius 3 is 2.75 bits per heavy atom. The summed E-state index contributed by atoms with van der Waals surface area (Å²) in [5.41, 5.74) is 1.57. The van der Waals surface area contributed by atoms with E-state index < -0.39 is 5.91 Å². The quantitative estimate of drug-likeness (QED) is 0.406. The second kappa shape index (κ2) is 9.29. The molecule has 0 spiro atoms. The number of amides is 2. The number of hydrogen-bond acceptors (Lipinski definition) is 6. The van der Waals surface area contributed by atoms with E-state index in [4.69, 9.17) is 20.8 Å². The van der Waals surface area contributed by atoms with E-state index in [0.717, 1.165) is 0 Å². The van der Waals surface area contributed by atoms with Crippen molar-refractivity contribution in [1.29, 1.82) is 0 Å². The minimum absolute atomic E-state index is 0.140. The molecule has 8 nitrogen and oxygen atoms in total. The maximum Gasteiger partial charge on any atom is 0.261 e. The third-order valence-electron chi connectivity index (χ3n) is 4.55. The van der Waals surface area contributed by atoms with E-state index >= 15 is 0 Å². The Bertz CT molecular complexity index is 1260. The van der Waals surface area contributed by atoms with Gasteiger partial charge < -0.3 is 19.0 Å². The largest absolute Gasteiger partial charge is 0.496 e. The van der Waals surface area contributed by atoms with Gasteiger partial charge in [-0.05, 0) is 30.3 Å². The van der Waals surface area contributed by atoms with E-state index in [1.165, 1.54) is 25.4 Å². The third-order valence-corrected chi connectivity index (χ3v) is 5.61. The number of furan rings is 1. The van der Waals surface area contributed by atoms with Crippen molar-refractivity contribution in [3.63, 3.8) is 0 Å². The molecule has 0 fully saturated rings. The molecular weight excluding hydrogens is 452 g/mol. The average molecular weight is 471 g/mol. The number of thiazole rings is 1. The molecule has 0 aliphatic rings. The van der Waals surface area contributed by atoms with Gasteiger partial charge in [0.1, 0.15) is 17.2 Å². The Labute approximate surface area is 192 Å². The summed E-state index contributed by atoms with van der Waals surface area (Å²) in [6.45, 7) is 1.73. The molecule has 0 saturated carbocycles. The standard InChI is InChI=1S/C22H19ClN4O4S/c1-13(28)24-11-14-5-6-19(31-14)17-12-32-22(25-17)26-21(29)15-9-16(23)18(10-20(15)30-2)27-7-3-4-8-27/h3-10,12H,11H2,1-2H3,(H,24,28)(H,25,26,29). The van der Waals surface area contributed by atoms with Crippen LogP contribution in [0.1, 0.15) is 23.0 Å². The lowest BCUT2D eigenvalue weighted by atomic mass is 10.1. The molecule has 2 N–H and O–H groups in total. The Kier molecular flexibility index (Phi) is 6.29. The number of halogens is 1. The van der Waals surface area contributed by atoms with Crippen LogP contribution in [-0.4, -0.2) is 28.5 Å². The van der Waals surface area contributed by atoms with Crippen LogP contribution in [0, 0.1) is 0 Å². The fourth-order valence-electron chi connectivity index (χ4n) is 3.01. The first-order chi connectivity index (χ1) is 15.4. The fraction of sp³-hybridized carbons (Fsp3) is 0.136. The van der Waals surface area contributed by atoms with Gasteiger partial charge in [-0.2, -0.15) is 0 Å². The van der Waals surface area contributed by atoms with E-state index in [0.29, 0.717) is 50.9 Å². The number of carbonyl (C=O) groups excluding carboxylic acids is 2. The van der Waals surface area contributed by atoms with Crippen LogP contribution in [-0.2, 0) is 11.3 Å². The predicted octanol–water partition coefficient (Wildman–Crippen LogP) is 4.74. The number of carbonyl (C=O) groups is 2. The zero-order valence-electron chi connectivity index (χ0n) is 17.2. The van der Waals surface area contributed by atoms with Crippen LogP contribution in [0.3, 0.4) is 0 Å². The van der Waals surface area contributed by atoms with Gasteiger partial charge in [-0.25, -0.2) is 4.98 Å². The summed E-state index contributed by atoms with van der Waals surface area (Å²) in [6, 6.07) is 10.6. The Balaban J connectivity index is 1.51. The molecule has 0 aliphatic heterocycles. The van der Waals surface area contributed by atoms with Crippen molar-refractivity contribution in [2.45, 2.75) is 13.5 Å². The molecule has 0 radical (unpaired) electrons. The molecule has 1 aromatic carbocycles. The van der Waals surface area contributed by atoms with Crippen molar-refractivity contribution in [2.24, 2.45) is 0 Å². The topological polar surface area (TPSA) is 98.4 Å². The number of nitrogens with one attached hydrogen (secondary N) is 2. The highest BCUT2D eigenvalue weighted by molar-refractivity contribution is 7.14. The van der Waals surface area contributed by atoms with Gasteiger partial charge in [-0.15, -0.1) is 11.3 Å². The maximum absolute atomic E-state index is 12.9. The fourth-order valence-corrected chi connectivity index (χ4v) is 3.97. The van der Waals surface area contributed by atoms with Crippen LogP contribution >= 0.6 is 22.9 Å². The van der Waals surface area contributed by atoms with Crippen LogP contribution in [0.25, 0.3) is 17.1 Å². The second-order valence-corrected chi connectivity index (χ2v) is 8.03. The molecule has 0 atom stereocenters. The van der Waals surface area contributed by atoms with Crippen LogP contribution in [0.2, 0.25) is 5.02 Å². The summed E-state index contributed by atoms with van der Waals surface area (Å²) in [5, 5.41) is 8.03. The van der Waals surface area contributed by atoms with Gasteiger partial charge in [0.2, 0.25) is 5.91 Å². The Morgan fingerprint density at radius 1 is 1.25 bits per heavy atom. The molecule has 4 rings (SSSR count). The number of methoxy groups -OCH3 is 1. The zero-order chi connectivity index (χ0) is 22.7. The number of ether oxygens (including phenoxy) is 1. The molecule has 2 amide bonds. The van der Waals surface area contributed by atoms with Gasteiger partial charge in [0, 0.05) is 30.8 Å². The van der Waals surface area contributed by atoms with Gasteiger partial charge in [-0.1, -0.05) is 11.6 Å². The van der Waals surface area contributed by atoms with Crippen LogP contribution < -0.4 is 15.4 Å². The summed E-state index contributed by atoms with van der Waals surface area (Å²) < 4.78 is 13.0. The highest BCUT2D eigenvalue weighted by Crippen LogP contribution is 2.32. The molecule has 3 heterocycles. The molecule has 32 heavy (non-hydrogen) atoms. The van der Waals surface area contributed by atoms with Crippen molar-refractivity contribution in [2.75, 3.05) is 12.4 Å². The van der Waals surface area contributed by atoms with E-state index in [-0.39, 0.29) is 5.91 Å². The van der Waals surface area contributed by atoms with Crippen molar-refractivity contribution in [1.82, 2.24) is 14.9 Å². The summed E-state index contributed by atoms with van der Waals surface area (Å²) in [5.74, 6) is 1.00. The molecule has 164 valence electrons. The lowest BCUT2D eigenvalue weighted by Crippen LogP contribution is -2.18. The van der Waals surface area contributed by atoms with Crippen LogP contribution in [0.15, 0.2) is 58.6 Å². The van der Waals surface area contributed by atoms with E-state index in [9.17, 15) is 9.59 Å². The number of nitrogens with zero attached hydrogens (tertiary/aromatic N) is 2. The maximum atomic E-state index is 12.9. The van der Waals surface area contributed by atoms with Crippen LogP contribution in [0.5, 0.6) is 5.75 Å². The molecule has 0 bridgehead atoms. The summed E-state index contributed by atoms with van der Waals surface area (Å²) in [7, 11) is 1.50. The van der Waals surface area contributed by atoms with Gasteiger partial charge >= 0.3 is 0 Å². The number of rotatable bonds is 7. The molecule has 0 aliphatic carbocycles. The van der Waals surface area contributed by atoms with Gasteiger partial charge in [-0.3, -0.25) is 14.9 Å². The van der Waals surface area contributed by atoms with Crippen molar-refractivity contribution in [3.8, 4) is 22.9 Å². The highest BCUT2D eigenvalue weighted by atomic mass is 35.5. The van der Waals surface area contributed by atoms with Crippen molar-refractivity contribution in [3.05, 3.63) is 70.5 Å². The predicted molar refractivity (Wildman–Crippen MR) is 123 cm³/mol. The lowest BCUT2D eigenvalue weighted by Gasteiger charge is -2.13. The average Bonchev–Trinajstić information content (AvgIpc) is 3.53. The lowest BCUT2D eigenvalue weighted by molar-refractivity contribution is -0.119. The SMILES string of the molecule is COc1cc(-n2cccc2)c(Cl)cc1C(=O)Nc1nc(-c2ccc(CNC(C)=O)o2)cs1. The smallest absolute Gasteiger partial charge is 0.261 e. The normalized spacial score (nSPS) is 10.7. The first-order valence-electron chi connectivity index (χ1n) is 9.56. The molecule has 4 aromatic rings. The number of aromatic nitrogens is 2. The molecule has 3 aromatic heterocycles. The minimum Gasteiger partial charge on any atom is -0.496 e. The summed E-state index contributed by atoms with van der Waals surface area (Å²) >= 11 is 7.68. The summed E-state index contributed by atoms with van der Waals surface area (Å²) in [6.07, 6.45) is 3.71. The van der Waals surface area contributed by atoms with Gasteiger partial charge in [0.25, 0.3) is 5.91 Å². The third kappa shape index (κ3) is 4.68. The zero-order valence-corrected chi connectivity index (χ0v) is 18.8. The van der Waals surface area contributed by atoms with E-state index in [1.54, 1.807) is 29.6 Å². The number of benzene rings is 1. The van der Waals surface area contributed by atoms with Crippen LogP contribution in [0.4, 0.5) is 5.13 Å². The van der Waals surface area contributed by atoms with Gasteiger partial charge in [0.15, 0.2) is 10.9 Å². The molecular formula is C22H19ClN4O4S. The first-order valence-corrected chi connectivity index (χ1v) is 10.8. The summed E-state index contributed by atoms with van der Waals surface area (Å²) in [4.78, 5) is 28.3. The molecule has 10 heteroatoms. The molecule has 0 unspecified atom stereocenters. The van der Waals surface area contributed by atoms with Crippen molar-refractivity contribution < 1.29 is 18.7 Å². The monoisotopic (exact) mass is 470 g/mol. The van der Waals surface area contributed by atoms with E-state index in [2.05, 4.69) is 15.6 Å². The first kappa shape index (κ1) is 21.7.